The van der Waals surface area contributed by atoms with Gasteiger partial charge in [0.25, 0.3) is 0 Å². The molecule has 0 aliphatic carbocycles. The molecule has 1 aromatic heterocycles. The fourth-order valence-corrected chi connectivity index (χ4v) is 2.15. The Morgan fingerprint density at radius 1 is 1.37 bits per heavy atom. The van der Waals surface area contributed by atoms with Crippen LogP contribution < -0.4 is 11.1 Å². The van der Waals surface area contributed by atoms with Gasteiger partial charge in [0.05, 0.1) is 0 Å². The molecule has 0 saturated heterocycles. The highest BCUT2D eigenvalue weighted by atomic mass is 79.9. The van der Waals surface area contributed by atoms with Crippen LogP contribution in [0.25, 0.3) is 0 Å². The Labute approximate surface area is 125 Å². The highest BCUT2D eigenvalue weighted by Gasteiger charge is 2.04. The molecule has 0 unspecified atom stereocenters. The van der Waals surface area contributed by atoms with E-state index in [4.69, 9.17) is 18.0 Å². The summed E-state index contributed by atoms with van der Waals surface area (Å²) in [5, 5.41) is 3.17. The molecule has 1 heterocycles. The number of hydrogen-bond donors (Lipinski definition) is 2. The van der Waals surface area contributed by atoms with Crippen molar-refractivity contribution in [1.82, 2.24) is 9.97 Å². The third kappa shape index (κ3) is 3.97. The number of rotatable bonds is 4. The van der Waals surface area contributed by atoms with Gasteiger partial charge >= 0.3 is 0 Å². The number of aryl methyl sites for hydroxylation is 1. The predicted octanol–water partition coefficient (Wildman–Crippen LogP) is 2.79. The topological polar surface area (TPSA) is 63.8 Å². The van der Waals surface area contributed by atoms with Crippen LogP contribution in [0, 0.1) is 6.92 Å². The van der Waals surface area contributed by atoms with Crippen LogP contribution in [0.3, 0.4) is 0 Å². The number of halogens is 1. The normalized spacial score (nSPS) is 10.2. The highest BCUT2D eigenvalue weighted by molar-refractivity contribution is 9.10. The van der Waals surface area contributed by atoms with E-state index in [1.807, 2.05) is 31.2 Å². The van der Waals surface area contributed by atoms with Crippen molar-refractivity contribution >= 4 is 39.1 Å². The summed E-state index contributed by atoms with van der Waals surface area (Å²) in [5.74, 6) is 0.530. The van der Waals surface area contributed by atoms with Crippen LogP contribution in [0.2, 0.25) is 0 Å². The summed E-state index contributed by atoms with van der Waals surface area (Å²) in [4.78, 5) is 8.85. The van der Waals surface area contributed by atoms with E-state index >= 15 is 0 Å². The maximum Gasteiger partial charge on any atom is 0.223 e. The second kappa shape index (κ2) is 6.08. The number of nitrogens with two attached hydrogens (primary N) is 1. The van der Waals surface area contributed by atoms with E-state index in [-0.39, 0.29) is 4.99 Å². The summed E-state index contributed by atoms with van der Waals surface area (Å²) in [6, 6.07) is 9.81. The first-order valence-electron chi connectivity index (χ1n) is 5.68. The molecule has 2 aromatic rings. The lowest BCUT2D eigenvalue weighted by molar-refractivity contribution is 1.02. The molecule has 4 nitrogen and oxygen atoms in total. The molecule has 98 valence electrons. The molecule has 19 heavy (non-hydrogen) atoms. The van der Waals surface area contributed by atoms with E-state index in [0.717, 1.165) is 15.7 Å². The largest absolute Gasteiger partial charge is 0.388 e. The quantitative estimate of drug-likeness (QED) is 0.840. The third-order valence-corrected chi connectivity index (χ3v) is 3.15. The van der Waals surface area contributed by atoms with Crippen molar-refractivity contribution in [1.29, 1.82) is 0 Å². The SMILES string of the molecule is Cc1cc(C(N)=S)nc(NCc2cccc(Br)c2)n1. The van der Waals surface area contributed by atoms with Gasteiger partial charge in [-0.1, -0.05) is 40.3 Å². The van der Waals surface area contributed by atoms with Crippen LogP contribution in [0.1, 0.15) is 17.0 Å². The average molecular weight is 337 g/mol. The zero-order valence-corrected chi connectivity index (χ0v) is 12.8. The molecule has 3 N–H and O–H groups in total. The number of nitrogens with one attached hydrogen (secondary N) is 1. The zero-order valence-electron chi connectivity index (χ0n) is 10.4. The minimum atomic E-state index is 0.274. The smallest absolute Gasteiger partial charge is 0.223 e. The molecule has 0 spiro atoms. The van der Waals surface area contributed by atoms with Gasteiger partial charge in [0.2, 0.25) is 5.95 Å². The lowest BCUT2D eigenvalue weighted by Crippen LogP contribution is -2.14. The van der Waals surface area contributed by atoms with Crippen molar-refractivity contribution in [2.75, 3.05) is 5.32 Å². The van der Waals surface area contributed by atoms with Gasteiger partial charge < -0.3 is 11.1 Å². The van der Waals surface area contributed by atoms with Gasteiger partial charge in [-0.15, -0.1) is 0 Å². The fourth-order valence-electron chi connectivity index (χ4n) is 1.60. The minimum Gasteiger partial charge on any atom is -0.388 e. The second-order valence-corrected chi connectivity index (χ2v) is 5.42. The van der Waals surface area contributed by atoms with E-state index < -0.39 is 0 Å². The van der Waals surface area contributed by atoms with Gasteiger partial charge in [-0.05, 0) is 30.7 Å². The van der Waals surface area contributed by atoms with Crippen molar-refractivity contribution in [3.05, 3.63) is 51.8 Å². The lowest BCUT2D eigenvalue weighted by Gasteiger charge is -2.08. The first-order chi connectivity index (χ1) is 9.04. The van der Waals surface area contributed by atoms with Gasteiger partial charge in [-0.2, -0.15) is 0 Å². The fraction of sp³-hybridized carbons (Fsp3) is 0.154. The van der Waals surface area contributed by atoms with Crippen molar-refractivity contribution in [2.24, 2.45) is 5.73 Å². The Hall–Kier alpha value is -1.53. The van der Waals surface area contributed by atoms with Crippen LogP contribution in [0.15, 0.2) is 34.8 Å². The van der Waals surface area contributed by atoms with Gasteiger partial charge in [-0.25, -0.2) is 9.97 Å². The molecular weight excluding hydrogens is 324 g/mol. The molecule has 6 heteroatoms. The van der Waals surface area contributed by atoms with Crippen molar-refractivity contribution in [2.45, 2.75) is 13.5 Å². The second-order valence-electron chi connectivity index (χ2n) is 4.07. The number of nitrogens with zero attached hydrogens (tertiary/aromatic N) is 2. The molecule has 1 aromatic carbocycles. The van der Waals surface area contributed by atoms with Crippen molar-refractivity contribution in [3.8, 4) is 0 Å². The van der Waals surface area contributed by atoms with Crippen LogP contribution in [-0.4, -0.2) is 15.0 Å². The highest BCUT2D eigenvalue weighted by Crippen LogP contribution is 2.13. The lowest BCUT2D eigenvalue weighted by atomic mass is 10.2. The summed E-state index contributed by atoms with van der Waals surface area (Å²) in [6.45, 7) is 2.52. The van der Waals surface area contributed by atoms with Gasteiger partial charge in [0, 0.05) is 16.7 Å². The monoisotopic (exact) mass is 336 g/mol. The molecule has 0 bridgehead atoms. The van der Waals surface area contributed by atoms with E-state index in [1.54, 1.807) is 6.07 Å². The zero-order chi connectivity index (χ0) is 13.8. The van der Waals surface area contributed by atoms with Gasteiger partial charge in [0.15, 0.2) is 0 Å². The van der Waals surface area contributed by atoms with Crippen LogP contribution in [0.5, 0.6) is 0 Å². The first-order valence-corrected chi connectivity index (χ1v) is 6.88. The molecule has 2 rings (SSSR count). The Bertz CT molecular complexity index is 615. The summed E-state index contributed by atoms with van der Waals surface area (Å²) < 4.78 is 1.04. The average Bonchev–Trinajstić information content (AvgIpc) is 2.36. The molecule has 0 amide bonds. The molecule has 0 aliphatic heterocycles. The van der Waals surface area contributed by atoms with Gasteiger partial charge in [0.1, 0.15) is 10.7 Å². The van der Waals surface area contributed by atoms with E-state index in [0.29, 0.717) is 18.2 Å². The van der Waals surface area contributed by atoms with Crippen LogP contribution in [0.4, 0.5) is 5.95 Å². The van der Waals surface area contributed by atoms with Crippen molar-refractivity contribution in [3.63, 3.8) is 0 Å². The maximum atomic E-state index is 5.59. The summed E-state index contributed by atoms with van der Waals surface area (Å²) in [6.07, 6.45) is 0. The third-order valence-electron chi connectivity index (χ3n) is 2.45. The van der Waals surface area contributed by atoms with Crippen LogP contribution >= 0.6 is 28.1 Å². The van der Waals surface area contributed by atoms with E-state index in [2.05, 4.69) is 31.2 Å². The molecular formula is C13H13BrN4S. The Balaban J connectivity index is 2.13. The molecule has 0 atom stereocenters. The van der Waals surface area contributed by atoms with Crippen molar-refractivity contribution < 1.29 is 0 Å². The standard InChI is InChI=1S/C13H13BrN4S/c1-8-5-11(12(15)19)18-13(17-8)16-7-9-3-2-4-10(14)6-9/h2-6H,7H2,1H3,(H2,15,19)(H,16,17,18). The molecule has 0 fully saturated rings. The number of benzene rings is 1. The maximum absolute atomic E-state index is 5.59. The summed E-state index contributed by atoms with van der Waals surface area (Å²) >= 11 is 8.37. The molecule has 0 saturated carbocycles. The number of thiocarbonyl (C=S) groups is 1. The molecule has 0 aliphatic rings. The Kier molecular flexibility index (Phi) is 4.44. The van der Waals surface area contributed by atoms with E-state index in [9.17, 15) is 0 Å². The number of anilines is 1. The number of aromatic nitrogens is 2. The predicted molar refractivity (Wildman–Crippen MR) is 84.1 cm³/mol. The first kappa shape index (κ1) is 13.9. The minimum absolute atomic E-state index is 0.274. The van der Waals surface area contributed by atoms with Crippen LogP contribution in [-0.2, 0) is 6.54 Å². The number of hydrogen-bond acceptors (Lipinski definition) is 4. The molecule has 0 radical (unpaired) electrons. The summed E-state index contributed by atoms with van der Waals surface area (Å²) in [5.41, 5.74) is 8.13. The van der Waals surface area contributed by atoms with E-state index in [1.165, 1.54) is 0 Å². The Morgan fingerprint density at radius 3 is 2.84 bits per heavy atom. The Morgan fingerprint density at radius 2 is 2.16 bits per heavy atom. The van der Waals surface area contributed by atoms with Gasteiger partial charge in [-0.3, -0.25) is 0 Å². The summed E-state index contributed by atoms with van der Waals surface area (Å²) in [7, 11) is 0.